The van der Waals surface area contributed by atoms with Crippen LogP contribution in [0, 0.1) is 0 Å². The Morgan fingerprint density at radius 2 is 1.92 bits per heavy atom. The normalized spacial score (nSPS) is 20.0. The van der Waals surface area contributed by atoms with Gasteiger partial charge in [-0.15, -0.1) is 5.10 Å². The molecule has 2 rings (SSSR count). The number of nitrogens with zero attached hydrogens (tertiary/aromatic N) is 3. The zero-order valence-corrected chi connectivity index (χ0v) is 7.82. The Labute approximate surface area is 78.1 Å². The molecule has 0 spiro atoms. The zero-order valence-electron chi connectivity index (χ0n) is 7.82. The second kappa shape index (κ2) is 3.77. The number of aromatic nitrogens is 3. The molecule has 72 valence electrons. The maximum absolute atomic E-state index is 5.53. The van der Waals surface area contributed by atoms with E-state index in [0.717, 1.165) is 0 Å². The molecule has 2 N–H and O–H groups in total. The monoisotopic (exact) mass is 180 g/mol. The highest BCUT2D eigenvalue weighted by Crippen LogP contribution is 2.25. The SMILES string of the molecule is Nc1cnn(C2CCCCCC2)n1. The Balaban J connectivity index is 2.06. The lowest BCUT2D eigenvalue weighted by Crippen LogP contribution is -2.11. The molecule has 1 aromatic heterocycles. The third-order valence-corrected chi connectivity index (χ3v) is 2.68. The minimum absolute atomic E-state index is 0.486. The standard InChI is InChI=1S/C9H16N4/c10-9-7-11-13(12-9)8-5-3-1-2-4-6-8/h7-8H,1-6H2,(H2,10,12). The van der Waals surface area contributed by atoms with E-state index in [-0.39, 0.29) is 0 Å². The number of rotatable bonds is 1. The summed E-state index contributed by atoms with van der Waals surface area (Å²) in [6.07, 6.45) is 9.34. The third-order valence-electron chi connectivity index (χ3n) is 2.68. The van der Waals surface area contributed by atoms with Gasteiger partial charge in [0.1, 0.15) is 0 Å². The van der Waals surface area contributed by atoms with Crippen molar-refractivity contribution in [3.8, 4) is 0 Å². The van der Waals surface area contributed by atoms with Crippen LogP contribution in [-0.2, 0) is 0 Å². The van der Waals surface area contributed by atoms with Crippen molar-refractivity contribution in [2.75, 3.05) is 5.73 Å². The van der Waals surface area contributed by atoms with Crippen LogP contribution in [0.15, 0.2) is 6.20 Å². The average molecular weight is 180 g/mol. The summed E-state index contributed by atoms with van der Waals surface area (Å²) < 4.78 is 0. The van der Waals surface area contributed by atoms with Gasteiger partial charge in [-0.25, -0.2) is 0 Å². The van der Waals surface area contributed by atoms with E-state index in [9.17, 15) is 0 Å². The van der Waals surface area contributed by atoms with Gasteiger partial charge in [-0.05, 0) is 12.8 Å². The summed E-state index contributed by atoms with van der Waals surface area (Å²) in [5, 5.41) is 8.32. The molecule has 0 amide bonds. The summed E-state index contributed by atoms with van der Waals surface area (Å²) in [5.41, 5.74) is 5.53. The van der Waals surface area contributed by atoms with Gasteiger partial charge in [-0.1, -0.05) is 25.7 Å². The molecule has 1 fully saturated rings. The van der Waals surface area contributed by atoms with Gasteiger partial charge in [-0.3, -0.25) is 0 Å². The highest BCUT2D eigenvalue weighted by Gasteiger charge is 2.15. The number of hydrogen-bond acceptors (Lipinski definition) is 3. The van der Waals surface area contributed by atoms with Gasteiger partial charge in [0.2, 0.25) is 0 Å². The van der Waals surface area contributed by atoms with E-state index >= 15 is 0 Å². The number of anilines is 1. The molecule has 4 heteroatoms. The molecule has 1 heterocycles. The Kier molecular flexibility index (Phi) is 2.47. The lowest BCUT2D eigenvalue weighted by atomic mass is 10.1. The largest absolute Gasteiger partial charge is 0.381 e. The second-order valence-corrected chi connectivity index (χ2v) is 3.74. The van der Waals surface area contributed by atoms with Gasteiger partial charge in [0.05, 0.1) is 12.2 Å². The minimum Gasteiger partial charge on any atom is -0.381 e. The van der Waals surface area contributed by atoms with E-state index in [1.165, 1.54) is 38.5 Å². The molecule has 0 aliphatic heterocycles. The fourth-order valence-corrected chi connectivity index (χ4v) is 1.95. The first-order valence-electron chi connectivity index (χ1n) is 5.03. The van der Waals surface area contributed by atoms with Gasteiger partial charge in [0, 0.05) is 0 Å². The quantitative estimate of drug-likeness (QED) is 0.670. The Morgan fingerprint density at radius 3 is 2.46 bits per heavy atom. The molecule has 0 saturated heterocycles. The van der Waals surface area contributed by atoms with Crippen molar-refractivity contribution in [2.24, 2.45) is 0 Å². The van der Waals surface area contributed by atoms with E-state index in [0.29, 0.717) is 11.9 Å². The average Bonchev–Trinajstić information content (AvgIpc) is 2.43. The molecule has 0 aromatic carbocycles. The van der Waals surface area contributed by atoms with Crippen LogP contribution in [0.3, 0.4) is 0 Å². The molecular formula is C9H16N4. The summed E-state index contributed by atoms with van der Waals surface area (Å²) in [5.74, 6) is 0.532. The second-order valence-electron chi connectivity index (χ2n) is 3.74. The third kappa shape index (κ3) is 1.99. The Bertz CT molecular complexity index is 260. The number of nitrogen functional groups attached to an aromatic ring is 1. The number of nitrogens with two attached hydrogens (primary N) is 1. The summed E-state index contributed by atoms with van der Waals surface area (Å²) in [4.78, 5) is 1.79. The molecule has 1 saturated carbocycles. The summed E-state index contributed by atoms with van der Waals surface area (Å²) in [7, 11) is 0. The van der Waals surface area contributed by atoms with Crippen LogP contribution in [0.25, 0.3) is 0 Å². The molecule has 1 aliphatic rings. The minimum atomic E-state index is 0.486. The lowest BCUT2D eigenvalue weighted by molar-refractivity contribution is 0.364. The summed E-state index contributed by atoms with van der Waals surface area (Å²) >= 11 is 0. The maximum atomic E-state index is 5.53. The van der Waals surface area contributed by atoms with Gasteiger partial charge in [0.15, 0.2) is 5.82 Å². The highest BCUT2D eigenvalue weighted by atomic mass is 15.5. The molecule has 0 bridgehead atoms. The van der Waals surface area contributed by atoms with E-state index in [1.54, 1.807) is 11.0 Å². The van der Waals surface area contributed by atoms with E-state index in [4.69, 9.17) is 5.73 Å². The molecule has 1 aromatic rings. The van der Waals surface area contributed by atoms with Crippen molar-refractivity contribution in [1.29, 1.82) is 0 Å². The van der Waals surface area contributed by atoms with E-state index in [2.05, 4.69) is 10.2 Å². The van der Waals surface area contributed by atoms with Gasteiger partial charge < -0.3 is 5.73 Å². The van der Waals surface area contributed by atoms with Crippen molar-refractivity contribution in [1.82, 2.24) is 15.0 Å². The summed E-state index contributed by atoms with van der Waals surface area (Å²) in [6.45, 7) is 0. The van der Waals surface area contributed by atoms with Crippen LogP contribution in [0.4, 0.5) is 5.82 Å². The topological polar surface area (TPSA) is 56.7 Å². The van der Waals surface area contributed by atoms with Gasteiger partial charge in [0.25, 0.3) is 0 Å². The first-order chi connectivity index (χ1) is 6.36. The van der Waals surface area contributed by atoms with Crippen LogP contribution < -0.4 is 5.73 Å². The fraction of sp³-hybridized carbons (Fsp3) is 0.778. The van der Waals surface area contributed by atoms with Crippen molar-refractivity contribution < 1.29 is 0 Å². The van der Waals surface area contributed by atoms with Crippen LogP contribution in [0.2, 0.25) is 0 Å². The molecular weight excluding hydrogens is 164 g/mol. The molecule has 0 radical (unpaired) electrons. The Hall–Kier alpha value is -1.06. The molecule has 0 unspecified atom stereocenters. The molecule has 0 atom stereocenters. The first kappa shape index (κ1) is 8.53. The van der Waals surface area contributed by atoms with Gasteiger partial charge >= 0.3 is 0 Å². The van der Waals surface area contributed by atoms with Crippen LogP contribution in [0.5, 0.6) is 0 Å². The molecule has 4 nitrogen and oxygen atoms in total. The molecule has 1 aliphatic carbocycles. The zero-order chi connectivity index (χ0) is 9.10. The van der Waals surface area contributed by atoms with Crippen molar-refractivity contribution in [3.63, 3.8) is 0 Å². The summed E-state index contributed by atoms with van der Waals surface area (Å²) in [6, 6.07) is 0.486. The smallest absolute Gasteiger partial charge is 0.165 e. The predicted molar refractivity (Wildman–Crippen MR) is 51.2 cm³/mol. The highest BCUT2D eigenvalue weighted by molar-refractivity contribution is 5.19. The molecule has 13 heavy (non-hydrogen) atoms. The van der Waals surface area contributed by atoms with Crippen molar-refractivity contribution >= 4 is 5.82 Å². The predicted octanol–water partition coefficient (Wildman–Crippen LogP) is 1.76. The van der Waals surface area contributed by atoms with Crippen molar-refractivity contribution in [2.45, 2.75) is 44.6 Å². The number of hydrogen-bond donors (Lipinski definition) is 1. The van der Waals surface area contributed by atoms with Crippen LogP contribution in [-0.4, -0.2) is 15.0 Å². The Morgan fingerprint density at radius 1 is 1.23 bits per heavy atom. The first-order valence-corrected chi connectivity index (χ1v) is 5.03. The van der Waals surface area contributed by atoms with Crippen LogP contribution >= 0.6 is 0 Å². The fourth-order valence-electron chi connectivity index (χ4n) is 1.95. The van der Waals surface area contributed by atoms with E-state index < -0.39 is 0 Å². The van der Waals surface area contributed by atoms with Crippen molar-refractivity contribution in [3.05, 3.63) is 6.20 Å². The van der Waals surface area contributed by atoms with Crippen LogP contribution in [0.1, 0.15) is 44.6 Å². The maximum Gasteiger partial charge on any atom is 0.165 e. The lowest BCUT2D eigenvalue weighted by Gasteiger charge is -2.11. The van der Waals surface area contributed by atoms with Gasteiger partial charge in [-0.2, -0.15) is 9.90 Å². The van der Waals surface area contributed by atoms with E-state index in [1.807, 2.05) is 0 Å².